The molecule has 0 bridgehead atoms. The van der Waals surface area contributed by atoms with Crippen molar-refractivity contribution in [2.24, 2.45) is 0 Å². The van der Waals surface area contributed by atoms with Gasteiger partial charge in [-0.3, -0.25) is 5.32 Å². The number of nitrogens with one attached hydrogen (secondary N) is 1. The number of nitrogens with zero attached hydrogens (tertiary/aromatic N) is 2. The number of benzene rings is 1. The summed E-state index contributed by atoms with van der Waals surface area (Å²) < 4.78 is 35.4. The van der Waals surface area contributed by atoms with Crippen molar-refractivity contribution >= 4 is 34.6 Å². The summed E-state index contributed by atoms with van der Waals surface area (Å²) in [7, 11) is 2.81. The van der Waals surface area contributed by atoms with Gasteiger partial charge in [0.05, 0.1) is 20.3 Å². The first-order chi connectivity index (χ1) is 18.6. The smallest absolute Gasteiger partial charge is 0.413 e. The number of hydrogen-bond donors (Lipinski definition) is 1. The van der Waals surface area contributed by atoms with Gasteiger partial charge in [-0.25, -0.2) is 23.8 Å². The van der Waals surface area contributed by atoms with Crippen LogP contribution in [0.15, 0.2) is 18.2 Å². The summed E-state index contributed by atoms with van der Waals surface area (Å²) in [6.45, 7) is 10.8. The molecule has 2 rings (SSSR count). The molecule has 1 aromatic heterocycles. The molecule has 0 fully saturated rings. The molecule has 0 aliphatic rings. The molecule has 2 aromatic rings. The zero-order valence-corrected chi connectivity index (χ0v) is 24.9. The third-order valence-electron chi connectivity index (χ3n) is 4.68. The molecule has 0 aliphatic carbocycles. The van der Waals surface area contributed by atoms with E-state index < -0.39 is 35.2 Å². The van der Waals surface area contributed by atoms with Gasteiger partial charge < -0.3 is 23.8 Å². The van der Waals surface area contributed by atoms with Crippen LogP contribution in [0.5, 0.6) is 5.75 Å². The van der Waals surface area contributed by atoms with E-state index in [1.807, 2.05) is 0 Å². The Morgan fingerprint density at radius 3 is 2.38 bits per heavy atom. The Hall–Kier alpha value is -3.85. The molecule has 0 atom stereocenters. The second kappa shape index (κ2) is 14.0. The maximum absolute atomic E-state index is 14.6. The van der Waals surface area contributed by atoms with Crippen molar-refractivity contribution < 1.29 is 37.7 Å². The van der Waals surface area contributed by atoms with Crippen LogP contribution >= 0.6 is 11.3 Å². The first-order valence-electron chi connectivity index (χ1n) is 12.5. The van der Waals surface area contributed by atoms with Gasteiger partial charge >= 0.3 is 18.2 Å². The monoisotopic (exact) mass is 577 g/mol. The van der Waals surface area contributed by atoms with Crippen LogP contribution in [-0.2, 0) is 20.6 Å². The number of rotatable bonds is 8. The molecule has 0 spiro atoms. The zero-order chi connectivity index (χ0) is 30.1. The molecule has 12 heteroatoms. The Morgan fingerprint density at radius 2 is 1.77 bits per heavy atom. The first-order valence-corrected chi connectivity index (χ1v) is 13.3. The summed E-state index contributed by atoms with van der Waals surface area (Å²) in [5.41, 5.74) is -0.778. The highest BCUT2D eigenvalue weighted by Crippen LogP contribution is 2.26. The molecule has 1 aromatic carbocycles. The SMILES string of the molecule is COC(=O)c1nc(NC(=O)OC(C)(C)C)sc1CCCOc1ccc(C#CCN(C)C(=O)OC(C)(C)C)cc1F. The van der Waals surface area contributed by atoms with Gasteiger partial charge in [-0.05, 0) is 72.6 Å². The van der Waals surface area contributed by atoms with Crippen LogP contribution in [-0.4, -0.2) is 66.6 Å². The van der Waals surface area contributed by atoms with E-state index in [0.29, 0.717) is 23.3 Å². The lowest BCUT2D eigenvalue weighted by atomic mass is 10.2. The fraction of sp³-hybridized carbons (Fsp3) is 0.500. The quantitative estimate of drug-likeness (QED) is 0.185. The first kappa shape index (κ1) is 32.4. The standard InChI is InChI=1S/C28H36FN3O7S/c1-27(2,3)38-25(34)31-24-30-22(23(33)36-8)21(40-24)12-10-16-37-20-14-13-18(17-19(20)29)11-9-15-32(7)26(35)39-28(4,5)6/h13-14,17H,10,12,15-16H2,1-8H3,(H,30,31,34). The fourth-order valence-electron chi connectivity index (χ4n) is 3.00. The van der Waals surface area contributed by atoms with E-state index in [-0.39, 0.29) is 29.7 Å². The van der Waals surface area contributed by atoms with Crippen LogP contribution in [0.2, 0.25) is 0 Å². The lowest BCUT2D eigenvalue weighted by Crippen LogP contribution is -2.34. The second-order valence-electron chi connectivity index (χ2n) is 10.6. The molecule has 2 amide bonds. The highest BCUT2D eigenvalue weighted by atomic mass is 32.1. The maximum atomic E-state index is 14.6. The van der Waals surface area contributed by atoms with Crippen molar-refractivity contribution in [3.05, 3.63) is 40.2 Å². The highest BCUT2D eigenvalue weighted by Gasteiger charge is 2.22. The topological polar surface area (TPSA) is 116 Å². The summed E-state index contributed by atoms with van der Waals surface area (Å²) in [6, 6.07) is 4.35. The van der Waals surface area contributed by atoms with Crippen molar-refractivity contribution in [2.75, 3.05) is 32.6 Å². The van der Waals surface area contributed by atoms with Crippen LogP contribution in [0.3, 0.4) is 0 Å². The van der Waals surface area contributed by atoms with E-state index in [9.17, 15) is 18.8 Å². The third-order valence-corrected chi connectivity index (χ3v) is 5.71. The molecule has 0 aliphatic heterocycles. The lowest BCUT2D eigenvalue weighted by Gasteiger charge is -2.23. The van der Waals surface area contributed by atoms with Crippen LogP contribution in [0.1, 0.15) is 68.9 Å². The van der Waals surface area contributed by atoms with Crippen molar-refractivity contribution in [3.63, 3.8) is 0 Å². The highest BCUT2D eigenvalue weighted by molar-refractivity contribution is 7.16. The van der Waals surface area contributed by atoms with Gasteiger partial charge in [0.1, 0.15) is 11.2 Å². The maximum Gasteiger partial charge on any atom is 0.413 e. The Kier molecular flexibility index (Phi) is 11.3. The summed E-state index contributed by atoms with van der Waals surface area (Å²) in [4.78, 5) is 42.3. The molecule has 40 heavy (non-hydrogen) atoms. The Morgan fingerprint density at radius 1 is 1.10 bits per heavy atom. The summed E-state index contributed by atoms with van der Waals surface area (Å²) in [5, 5.41) is 2.72. The number of hydrogen-bond acceptors (Lipinski definition) is 9. The molecule has 218 valence electrons. The number of methoxy groups -OCH3 is 1. The average Bonchev–Trinajstić information content (AvgIpc) is 3.22. The number of aryl methyl sites for hydroxylation is 1. The number of aromatic nitrogens is 1. The van der Waals surface area contributed by atoms with Crippen LogP contribution < -0.4 is 10.1 Å². The van der Waals surface area contributed by atoms with Crippen LogP contribution in [0.4, 0.5) is 19.1 Å². The summed E-state index contributed by atoms with van der Waals surface area (Å²) in [5.74, 6) is 4.48. The minimum Gasteiger partial charge on any atom is -0.491 e. The van der Waals surface area contributed by atoms with E-state index in [4.69, 9.17) is 18.9 Å². The van der Waals surface area contributed by atoms with Crippen molar-refractivity contribution in [1.29, 1.82) is 0 Å². The Bertz CT molecular complexity index is 1270. The molecule has 1 N–H and O–H groups in total. The number of esters is 1. The average molecular weight is 578 g/mol. The zero-order valence-electron chi connectivity index (χ0n) is 24.1. The molecule has 0 saturated carbocycles. The summed E-state index contributed by atoms with van der Waals surface area (Å²) >= 11 is 1.12. The number of halogens is 1. The van der Waals surface area contributed by atoms with E-state index in [1.54, 1.807) is 54.7 Å². The van der Waals surface area contributed by atoms with Crippen molar-refractivity contribution in [2.45, 2.75) is 65.6 Å². The van der Waals surface area contributed by atoms with Gasteiger partial charge in [0, 0.05) is 17.5 Å². The molecule has 1 heterocycles. The van der Waals surface area contributed by atoms with E-state index in [1.165, 1.54) is 24.1 Å². The number of amides is 2. The number of thiazole rings is 1. The minimum atomic E-state index is -0.689. The van der Waals surface area contributed by atoms with Gasteiger partial charge in [-0.1, -0.05) is 11.8 Å². The van der Waals surface area contributed by atoms with E-state index in [2.05, 4.69) is 22.1 Å². The third kappa shape index (κ3) is 11.1. The fourth-order valence-corrected chi connectivity index (χ4v) is 3.97. The number of carbonyl (C=O) groups excluding carboxylic acids is 3. The molecule has 0 radical (unpaired) electrons. The molecule has 0 unspecified atom stereocenters. The van der Waals surface area contributed by atoms with Gasteiger partial charge in [0.2, 0.25) is 0 Å². The largest absolute Gasteiger partial charge is 0.491 e. The van der Waals surface area contributed by atoms with Gasteiger partial charge in [0.15, 0.2) is 22.4 Å². The molecular formula is C28H36FN3O7S. The van der Waals surface area contributed by atoms with Crippen molar-refractivity contribution in [1.82, 2.24) is 9.88 Å². The normalized spacial score (nSPS) is 11.1. The minimum absolute atomic E-state index is 0.0567. The lowest BCUT2D eigenvalue weighted by molar-refractivity contribution is 0.0320. The molecule has 0 saturated heterocycles. The van der Waals surface area contributed by atoms with E-state index >= 15 is 0 Å². The van der Waals surface area contributed by atoms with Gasteiger partial charge in [0.25, 0.3) is 0 Å². The Labute approximate surface area is 238 Å². The predicted molar refractivity (Wildman–Crippen MR) is 149 cm³/mol. The number of carbonyl (C=O) groups is 3. The van der Waals surface area contributed by atoms with E-state index in [0.717, 1.165) is 11.3 Å². The van der Waals surface area contributed by atoms with Crippen LogP contribution in [0.25, 0.3) is 0 Å². The number of ether oxygens (including phenoxy) is 4. The van der Waals surface area contributed by atoms with Crippen molar-refractivity contribution in [3.8, 4) is 17.6 Å². The molecular weight excluding hydrogens is 541 g/mol. The predicted octanol–water partition coefficient (Wildman–Crippen LogP) is 5.65. The summed E-state index contributed by atoms with van der Waals surface area (Å²) in [6.07, 6.45) is -0.361. The Balaban J connectivity index is 1.93. The van der Waals surface area contributed by atoms with Gasteiger partial charge in [-0.15, -0.1) is 11.3 Å². The van der Waals surface area contributed by atoms with Gasteiger partial charge in [-0.2, -0.15) is 0 Å². The number of anilines is 1. The second-order valence-corrected chi connectivity index (χ2v) is 11.7. The molecule has 10 nitrogen and oxygen atoms in total. The van der Waals surface area contributed by atoms with Crippen LogP contribution in [0, 0.1) is 17.7 Å².